The lowest BCUT2D eigenvalue weighted by Crippen LogP contribution is -2.40. The largest absolute Gasteiger partial charge is 0.316 e. The van der Waals surface area contributed by atoms with E-state index in [0.29, 0.717) is 22.3 Å². The predicted octanol–water partition coefficient (Wildman–Crippen LogP) is 3.46. The maximum Gasteiger partial charge on any atom is 0.127 e. The zero-order valence-corrected chi connectivity index (χ0v) is 12.7. The minimum atomic E-state index is -0.198. The molecule has 1 saturated heterocycles. The molecule has 18 heavy (non-hydrogen) atoms. The predicted molar refractivity (Wildman–Crippen MR) is 81.5 cm³/mol. The van der Waals surface area contributed by atoms with E-state index in [4.69, 9.17) is 11.6 Å². The van der Waals surface area contributed by atoms with Gasteiger partial charge in [-0.3, -0.25) is 0 Å². The summed E-state index contributed by atoms with van der Waals surface area (Å²) in [4.78, 5) is 0. The van der Waals surface area contributed by atoms with Crippen LogP contribution < -0.4 is 5.32 Å². The van der Waals surface area contributed by atoms with Gasteiger partial charge in [-0.15, -0.1) is 0 Å². The number of nitrogens with one attached hydrogen (secondary N) is 1. The highest BCUT2D eigenvalue weighted by Crippen LogP contribution is 2.29. The van der Waals surface area contributed by atoms with Gasteiger partial charge in [0.2, 0.25) is 0 Å². The van der Waals surface area contributed by atoms with Crippen LogP contribution in [0.15, 0.2) is 18.2 Å². The van der Waals surface area contributed by atoms with Gasteiger partial charge in [-0.2, -0.15) is 23.5 Å². The highest BCUT2D eigenvalue weighted by Gasteiger charge is 2.25. The van der Waals surface area contributed by atoms with Crippen LogP contribution in [-0.4, -0.2) is 35.6 Å². The molecule has 100 valence electrons. The molecule has 1 N–H and O–H groups in total. The third-order valence-electron chi connectivity index (χ3n) is 3.15. The Kier molecular flexibility index (Phi) is 5.67. The molecule has 0 saturated carbocycles. The van der Waals surface area contributed by atoms with Crippen molar-refractivity contribution in [1.29, 1.82) is 0 Å². The van der Waals surface area contributed by atoms with E-state index < -0.39 is 0 Å². The second-order valence-electron chi connectivity index (χ2n) is 4.28. The van der Waals surface area contributed by atoms with Crippen LogP contribution in [-0.2, 0) is 6.42 Å². The van der Waals surface area contributed by atoms with Crippen molar-refractivity contribution < 1.29 is 4.39 Å². The molecule has 1 aliphatic heterocycles. The Hall–Kier alpha value is 0.1000. The highest BCUT2D eigenvalue weighted by atomic mass is 35.5. The maximum absolute atomic E-state index is 13.8. The van der Waals surface area contributed by atoms with Gasteiger partial charge in [0.05, 0.1) is 0 Å². The third-order valence-corrected chi connectivity index (χ3v) is 6.42. The van der Waals surface area contributed by atoms with E-state index in [1.165, 1.54) is 17.6 Å². The van der Waals surface area contributed by atoms with Crippen molar-refractivity contribution in [1.82, 2.24) is 5.32 Å². The molecule has 0 bridgehead atoms. The average molecular weight is 306 g/mol. The highest BCUT2D eigenvalue weighted by molar-refractivity contribution is 8.06. The SMILES string of the molecule is CNC(Cc1c(F)cccc1Cl)C1CSCCS1. The van der Waals surface area contributed by atoms with E-state index in [-0.39, 0.29) is 11.9 Å². The molecular formula is C13H17ClFNS2. The minimum absolute atomic E-state index is 0.198. The van der Waals surface area contributed by atoms with Gasteiger partial charge in [0, 0.05) is 39.1 Å². The Labute approximate surface area is 121 Å². The molecular weight excluding hydrogens is 289 g/mol. The van der Waals surface area contributed by atoms with Crippen molar-refractivity contribution in [2.45, 2.75) is 17.7 Å². The Balaban J connectivity index is 2.09. The maximum atomic E-state index is 13.8. The molecule has 1 heterocycles. The molecule has 1 aliphatic rings. The second kappa shape index (κ2) is 7.04. The quantitative estimate of drug-likeness (QED) is 0.915. The minimum Gasteiger partial charge on any atom is -0.316 e. The van der Waals surface area contributed by atoms with Crippen LogP contribution in [0.1, 0.15) is 5.56 Å². The first kappa shape index (κ1) is 14.5. The van der Waals surface area contributed by atoms with Gasteiger partial charge in [0.25, 0.3) is 0 Å². The number of hydrogen-bond donors (Lipinski definition) is 1. The summed E-state index contributed by atoms with van der Waals surface area (Å²) >= 11 is 10.0. The number of halogens is 2. The summed E-state index contributed by atoms with van der Waals surface area (Å²) in [5.41, 5.74) is 0.634. The number of thioether (sulfide) groups is 2. The molecule has 0 spiro atoms. The van der Waals surface area contributed by atoms with Crippen molar-refractivity contribution >= 4 is 35.1 Å². The van der Waals surface area contributed by atoms with Crippen molar-refractivity contribution in [2.24, 2.45) is 0 Å². The van der Waals surface area contributed by atoms with E-state index in [0.717, 1.165) is 5.75 Å². The summed E-state index contributed by atoms with van der Waals surface area (Å²) in [6.07, 6.45) is 0.653. The molecule has 2 unspecified atom stereocenters. The van der Waals surface area contributed by atoms with Crippen LogP contribution in [0.25, 0.3) is 0 Å². The van der Waals surface area contributed by atoms with Crippen molar-refractivity contribution in [2.75, 3.05) is 24.3 Å². The summed E-state index contributed by atoms with van der Waals surface area (Å²) in [7, 11) is 1.94. The van der Waals surface area contributed by atoms with E-state index in [1.807, 2.05) is 30.6 Å². The Morgan fingerprint density at radius 2 is 2.33 bits per heavy atom. The summed E-state index contributed by atoms with van der Waals surface area (Å²) in [6.45, 7) is 0. The number of likely N-dealkylation sites (N-methyl/N-ethyl adjacent to an activating group) is 1. The second-order valence-corrected chi connectivity index (χ2v) is 7.19. The molecule has 1 fully saturated rings. The Morgan fingerprint density at radius 1 is 1.50 bits per heavy atom. The summed E-state index contributed by atoms with van der Waals surface area (Å²) in [5.74, 6) is 3.33. The monoisotopic (exact) mass is 305 g/mol. The summed E-state index contributed by atoms with van der Waals surface area (Å²) in [6, 6.07) is 5.17. The van der Waals surface area contributed by atoms with Crippen molar-refractivity contribution in [3.8, 4) is 0 Å². The molecule has 0 aliphatic carbocycles. The van der Waals surface area contributed by atoms with Gasteiger partial charge < -0.3 is 5.32 Å². The zero-order chi connectivity index (χ0) is 13.0. The number of rotatable bonds is 4. The van der Waals surface area contributed by atoms with Gasteiger partial charge >= 0.3 is 0 Å². The molecule has 1 aromatic carbocycles. The fourth-order valence-corrected chi connectivity index (χ4v) is 5.27. The number of hydrogen-bond acceptors (Lipinski definition) is 3. The molecule has 2 atom stereocenters. The van der Waals surface area contributed by atoms with Crippen LogP contribution in [0, 0.1) is 5.82 Å². The fourth-order valence-electron chi connectivity index (χ4n) is 2.10. The van der Waals surface area contributed by atoms with Gasteiger partial charge in [0.1, 0.15) is 5.82 Å². The normalized spacial score (nSPS) is 21.8. The summed E-state index contributed by atoms with van der Waals surface area (Å²) in [5, 5.41) is 4.38. The van der Waals surface area contributed by atoms with Crippen LogP contribution in [0.2, 0.25) is 5.02 Å². The topological polar surface area (TPSA) is 12.0 Å². The molecule has 0 amide bonds. The molecule has 1 nitrogen and oxygen atoms in total. The van der Waals surface area contributed by atoms with Crippen LogP contribution in [0.5, 0.6) is 0 Å². The Bertz CT molecular complexity index is 376. The van der Waals surface area contributed by atoms with E-state index in [9.17, 15) is 4.39 Å². The van der Waals surface area contributed by atoms with Crippen LogP contribution in [0.4, 0.5) is 4.39 Å². The van der Waals surface area contributed by atoms with Gasteiger partial charge in [-0.05, 0) is 25.6 Å². The Morgan fingerprint density at radius 3 is 2.94 bits per heavy atom. The van der Waals surface area contributed by atoms with Crippen LogP contribution in [0.3, 0.4) is 0 Å². The van der Waals surface area contributed by atoms with Crippen molar-refractivity contribution in [3.05, 3.63) is 34.6 Å². The first-order chi connectivity index (χ1) is 8.72. The van der Waals surface area contributed by atoms with E-state index >= 15 is 0 Å². The standard InChI is InChI=1S/C13H17ClFNS2/c1-16-12(13-8-17-5-6-18-13)7-9-10(14)3-2-4-11(9)15/h2-4,12-13,16H,5-8H2,1H3. The summed E-state index contributed by atoms with van der Waals surface area (Å²) < 4.78 is 13.8. The number of benzene rings is 1. The lowest BCUT2D eigenvalue weighted by molar-refractivity contribution is 0.533. The lowest BCUT2D eigenvalue weighted by atomic mass is 10.0. The lowest BCUT2D eigenvalue weighted by Gasteiger charge is -2.29. The smallest absolute Gasteiger partial charge is 0.127 e. The van der Waals surface area contributed by atoms with Gasteiger partial charge in [-0.1, -0.05) is 17.7 Å². The van der Waals surface area contributed by atoms with E-state index in [1.54, 1.807) is 12.1 Å². The first-order valence-electron chi connectivity index (χ1n) is 6.02. The molecule has 0 aromatic heterocycles. The molecule has 1 aromatic rings. The molecule has 2 rings (SSSR count). The van der Waals surface area contributed by atoms with Gasteiger partial charge in [-0.25, -0.2) is 4.39 Å². The van der Waals surface area contributed by atoms with Crippen LogP contribution >= 0.6 is 35.1 Å². The average Bonchev–Trinajstić information content (AvgIpc) is 2.40. The molecule has 5 heteroatoms. The first-order valence-corrected chi connectivity index (χ1v) is 8.60. The molecule has 0 radical (unpaired) electrons. The van der Waals surface area contributed by atoms with Gasteiger partial charge in [0.15, 0.2) is 0 Å². The van der Waals surface area contributed by atoms with Crippen molar-refractivity contribution in [3.63, 3.8) is 0 Å². The van der Waals surface area contributed by atoms with E-state index in [2.05, 4.69) is 5.32 Å². The zero-order valence-electron chi connectivity index (χ0n) is 10.3. The fraction of sp³-hybridized carbons (Fsp3) is 0.538. The third kappa shape index (κ3) is 3.56.